The highest BCUT2D eigenvalue weighted by atomic mass is 16.2. The van der Waals surface area contributed by atoms with Crippen LogP contribution in [0.1, 0.15) is 28.2 Å². The summed E-state index contributed by atoms with van der Waals surface area (Å²) in [6, 6.07) is 22.4. The van der Waals surface area contributed by atoms with E-state index in [0.29, 0.717) is 17.0 Å². The van der Waals surface area contributed by atoms with Crippen LogP contribution in [0.3, 0.4) is 0 Å². The zero-order valence-electron chi connectivity index (χ0n) is 19.0. The van der Waals surface area contributed by atoms with Gasteiger partial charge in [0.25, 0.3) is 5.91 Å². The Balaban J connectivity index is 1.35. The van der Waals surface area contributed by atoms with Gasteiger partial charge in [0.15, 0.2) is 5.84 Å². The van der Waals surface area contributed by atoms with Crippen molar-refractivity contribution >= 4 is 46.3 Å². The maximum absolute atomic E-state index is 12.5. The predicted molar refractivity (Wildman–Crippen MR) is 140 cm³/mol. The molecule has 0 atom stereocenters. The van der Waals surface area contributed by atoms with Gasteiger partial charge in [0.05, 0.1) is 11.3 Å². The van der Waals surface area contributed by atoms with E-state index < -0.39 is 0 Å². The highest BCUT2D eigenvalue weighted by molar-refractivity contribution is 6.34. The van der Waals surface area contributed by atoms with Crippen LogP contribution in [0.25, 0.3) is 11.6 Å². The Morgan fingerprint density at radius 1 is 1.03 bits per heavy atom. The monoisotopic (exact) mass is 461 g/mol. The van der Waals surface area contributed by atoms with Crippen molar-refractivity contribution in [3.05, 3.63) is 107 Å². The van der Waals surface area contributed by atoms with Gasteiger partial charge in [-0.15, -0.1) is 0 Å². The molecule has 0 aliphatic carbocycles. The number of carbonyl (C=O) groups is 1. The minimum Gasteiger partial charge on any atom is -0.383 e. The average Bonchev–Trinajstić information content (AvgIpc) is 3.41. The number of anilines is 3. The first-order valence-corrected chi connectivity index (χ1v) is 11.0. The molecular formula is C27H23N7O. The Morgan fingerprint density at radius 3 is 2.57 bits per heavy atom. The number of aryl methyl sites for hydroxylation is 1. The fourth-order valence-corrected chi connectivity index (χ4v) is 3.83. The number of fused-ring (bicyclic) bond motifs is 1. The molecule has 4 aromatic rings. The van der Waals surface area contributed by atoms with Crippen molar-refractivity contribution in [2.75, 3.05) is 10.6 Å². The number of aromatic amines is 1. The van der Waals surface area contributed by atoms with E-state index in [2.05, 4.69) is 25.6 Å². The van der Waals surface area contributed by atoms with E-state index in [1.807, 2.05) is 79.7 Å². The smallest absolute Gasteiger partial charge is 0.256 e. The summed E-state index contributed by atoms with van der Waals surface area (Å²) in [5.74, 6) is 0.823. The number of benzene rings is 3. The lowest BCUT2D eigenvalue weighted by molar-refractivity contribution is -0.110. The van der Waals surface area contributed by atoms with E-state index >= 15 is 0 Å². The average molecular weight is 462 g/mol. The van der Waals surface area contributed by atoms with E-state index in [1.165, 1.54) is 0 Å². The second kappa shape index (κ2) is 9.11. The number of carbonyl (C=O) groups excluding carboxylic acids is 1. The molecule has 1 amide bonds. The molecule has 35 heavy (non-hydrogen) atoms. The van der Waals surface area contributed by atoms with Crippen molar-refractivity contribution in [2.24, 2.45) is 10.7 Å². The Bertz CT molecular complexity index is 1500. The number of rotatable bonds is 5. The number of amides is 1. The molecule has 8 nitrogen and oxygen atoms in total. The Hall–Kier alpha value is -4.98. The third-order valence-corrected chi connectivity index (χ3v) is 5.53. The molecule has 0 saturated carbocycles. The third-order valence-electron chi connectivity index (χ3n) is 5.53. The number of amidine groups is 2. The minimum atomic E-state index is -0.171. The largest absolute Gasteiger partial charge is 0.383 e. The highest BCUT2D eigenvalue weighted by Crippen LogP contribution is 2.35. The molecular weight excluding hydrogens is 438 g/mol. The maximum atomic E-state index is 12.5. The van der Waals surface area contributed by atoms with Crippen LogP contribution < -0.4 is 16.4 Å². The summed E-state index contributed by atoms with van der Waals surface area (Å²) < 4.78 is 0. The molecule has 1 aliphatic heterocycles. The summed E-state index contributed by atoms with van der Waals surface area (Å²) in [7, 11) is 0. The van der Waals surface area contributed by atoms with Crippen LogP contribution in [-0.4, -0.2) is 27.5 Å². The summed E-state index contributed by atoms with van der Waals surface area (Å²) in [5, 5.41) is 14.6. The maximum Gasteiger partial charge on any atom is 0.256 e. The lowest BCUT2D eigenvalue weighted by Crippen LogP contribution is -2.15. The lowest BCUT2D eigenvalue weighted by Gasteiger charge is -2.10. The van der Waals surface area contributed by atoms with Gasteiger partial charge < -0.3 is 21.4 Å². The van der Waals surface area contributed by atoms with Gasteiger partial charge >= 0.3 is 0 Å². The molecule has 3 aromatic carbocycles. The van der Waals surface area contributed by atoms with Crippen LogP contribution in [-0.2, 0) is 4.79 Å². The van der Waals surface area contributed by atoms with Gasteiger partial charge in [0, 0.05) is 40.0 Å². The molecule has 0 radical (unpaired) electrons. The van der Waals surface area contributed by atoms with Crippen LogP contribution in [0.4, 0.5) is 17.1 Å². The number of H-pyrrole nitrogens is 1. The number of nitrogens with one attached hydrogen (secondary N) is 4. The van der Waals surface area contributed by atoms with Gasteiger partial charge in [0.1, 0.15) is 11.7 Å². The molecule has 0 unspecified atom stereocenters. The number of hydrogen-bond acceptors (Lipinski definition) is 4. The molecule has 0 bridgehead atoms. The number of nitrogens with two attached hydrogens (primary N) is 1. The van der Waals surface area contributed by atoms with Gasteiger partial charge in [-0.1, -0.05) is 48.5 Å². The molecule has 0 saturated heterocycles. The predicted octanol–water partition coefficient (Wildman–Crippen LogP) is 4.69. The Kier molecular flexibility index (Phi) is 5.68. The molecule has 2 heterocycles. The zero-order valence-corrected chi connectivity index (χ0v) is 19.0. The molecule has 1 aliphatic rings. The Labute approximate surface area is 202 Å². The standard InChI is InChI=1S/C27H23N7O/c1-16-15-30-24(31-16)14-22-21-11-10-20(13-23(21)33-27(22)35)32-19-9-5-8-18(12-19)26(29)34-25(28)17-6-3-2-4-7-17/h2-15,32H,1H3,(H,30,31)(H,33,35)(H3,28,29,34)/b22-14-. The summed E-state index contributed by atoms with van der Waals surface area (Å²) in [4.78, 5) is 24.2. The quantitative estimate of drug-likeness (QED) is 0.168. The molecule has 6 N–H and O–H groups in total. The van der Waals surface area contributed by atoms with Gasteiger partial charge in [-0.2, -0.15) is 0 Å². The van der Waals surface area contributed by atoms with Crippen molar-refractivity contribution in [1.29, 1.82) is 5.41 Å². The van der Waals surface area contributed by atoms with Crippen molar-refractivity contribution < 1.29 is 4.79 Å². The second-order valence-corrected chi connectivity index (χ2v) is 8.14. The molecule has 172 valence electrons. The first-order chi connectivity index (χ1) is 17.0. The van der Waals surface area contributed by atoms with Crippen LogP contribution in [0.15, 0.2) is 84.0 Å². The Morgan fingerprint density at radius 2 is 1.80 bits per heavy atom. The first kappa shape index (κ1) is 21.8. The normalized spacial score (nSPS) is 14.0. The number of aliphatic imine (C=N–C) groups is 1. The fourth-order valence-electron chi connectivity index (χ4n) is 3.83. The first-order valence-electron chi connectivity index (χ1n) is 11.0. The molecule has 8 heteroatoms. The zero-order chi connectivity index (χ0) is 24.4. The molecule has 1 aromatic heterocycles. The van der Waals surface area contributed by atoms with Gasteiger partial charge in [0.2, 0.25) is 0 Å². The van der Waals surface area contributed by atoms with E-state index in [0.717, 1.165) is 33.9 Å². The number of nitrogens with zero attached hydrogens (tertiary/aromatic N) is 2. The van der Waals surface area contributed by atoms with Crippen molar-refractivity contribution in [3.8, 4) is 0 Å². The van der Waals surface area contributed by atoms with Crippen molar-refractivity contribution in [3.63, 3.8) is 0 Å². The third kappa shape index (κ3) is 4.72. The van der Waals surface area contributed by atoms with E-state index in [1.54, 1.807) is 12.3 Å². The van der Waals surface area contributed by atoms with Crippen molar-refractivity contribution in [1.82, 2.24) is 9.97 Å². The lowest BCUT2D eigenvalue weighted by atomic mass is 10.1. The SMILES string of the molecule is Cc1cnc(/C=C2\C(=O)Nc3cc(Nc4cccc(C(=N)N=C(N)c5ccccc5)c4)ccc32)[nH]1. The van der Waals surface area contributed by atoms with Gasteiger partial charge in [-0.05, 0) is 37.3 Å². The van der Waals surface area contributed by atoms with Crippen molar-refractivity contribution in [2.45, 2.75) is 6.92 Å². The topological polar surface area (TPSA) is 132 Å². The number of imidazole rings is 1. The molecule has 0 fully saturated rings. The highest BCUT2D eigenvalue weighted by Gasteiger charge is 2.24. The minimum absolute atomic E-state index is 0.0687. The fraction of sp³-hybridized carbons (Fsp3) is 0.0370. The van der Waals surface area contributed by atoms with Crippen LogP contribution in [0.5, 0.6) is 0 Å². The van der Waals surface area contributed by atoms with Crippen LogP contribution >= 0.6 is 0 Å². The van der Waals surface area contributed by atoms with Gasteiger partial charge in [-0.3, -0.25) is 10.2 Å². The summed E-state index contributed by atoms with van der Waals surface area (Å²) in [6.45, 7) is 1.91. The van der Waals surface area contributed by atoms with E-state index in [9.17, 15) is 4.79 Å². The van der Waals surface area contributed by atoms with Gasteiger partial charge in [-0.25, -0.2) is 9.98 Å². The summed E-state index contributed by atoms with van der Waals surface area (Å²) >= 11 is 0. The van der Waals surface area contributed by atoms with Crippen LogP contribution in [0, 0.1) is 12.3 Å². The summed E-state index contributed by atoms with van der Waals surface area (Å²) in [5.41, 5.74) is 12.1. The molecule has 0 spiro atoms. The summed E-state index contributed by atoms with van der Waals surface area (Å²) in [6.07, 6.45) is 3.47. The van der Waals surface area contributed by atoms with E-state index in [4.69, 9.17) is 11.1 Å². The number of hydrogen-bond donors (Lipinski definition) is 5. The van der Waals surface area contributed by atoms with Crippen LogP contribution in [0.2, 0.25) is 0 Å². The molecule has 5 rings (SSSR count). The number of aromatic nitrogens is 2. The van der Waals surface area contributed by atoms with E-state index in [-0.39, 0.29) is 17.6 Å². The second-order valence-electron chi connectivity index (χ2n) is 8.14.